The molecular weight excluding hydrogens is 390 g/mol. The molecule has 15 heavy (non-hydrogen) atoms. The summed E-state index contributed by atoms with van der Waals surface area (Å²) >= 11 is 10.3. The number of amides is 1. The van der Waals surface area contributed by atoms with Gasteiger partial charge in [-0.3, -0.25) is 4.79 Å². The number of nitrogens with zero attached hydrogens (tertiary/aromatic N) is 1. The number of carbonyl (C=O) groups is 1. The average molecular weight is 398 g/mol. The van der Waals surface area contributed by atoms with Gasteiger partial charge in [-0.2, -0.15) is 0 Å². The fourth-order valence-electron chi connectivity index (χ4n) is 1.61. The topological polar surface area (TPSA) is 20.3 Å². The van der Waals surface area contributed by atoms with Crippen molar-refractivity contribution < 1.29 is 4.79 Å². The number of hydrogen-bond acceptors (Lipinski definition) is 1. The number of para-hydroxylation sites is 1. The maximum absolute atomic E-state index is 11.8. The molecule has 0 N–H and O–H groups in total. The molecule has 0 radical (unpaired) electrons. The van der Waals surface area contributed by atoms with E-state index in [4.69, 9.17) is 0 Å². The van der Waals surface area contributed by atoms with Crippen LogP contribution in [-0.2, 0) is 4.79 Å². The van der Waals surface area contributed by atoms with Gasteiger partial charge in [0.25, 0.3) is 0 Å². The van der Waals surface area contributed by atoms with Gasteiger partial charge in [0, 0.05) is 15.5 Å². The third-order valence-electron chi connectivity index (χ3n) is 2.35. The normalized spacial score (nSPS) is 21.1. The number of hydrogen-bond donors (Lipinski definition) is 0. The third kappa shape index (κ3) is 2.15. The molecule has 1 atom stereocenters. The number of carbonyl (C=O) groups excluding carboxylic acids is 1. The van der Waals surface area contributed by atoms with E-state index in [1.807, 2.05) is 18.2 Å². The molecule has 1 fully saturated rings. The maximum Gasteiger partial charge on any atom is 0.240 e. The van der Waals surface area contributed by atoms with Gasteiger partial charge in [0.05, 0.1) is 10.5 Å². The van der Waals surface area contributed by atoms with Gasteiger partial charge in [-0.25, -0.2) is 0 Å². The molecule has 5 heteroatoms. The third-order valence-corrected chi connectivity index (χ3v) is 4.48. The van der Waals surface area contributed by atoms with Crippen LogP contribution in [0.25, 0.3) is 0 Å². The lowest BCUT2D eigenvalue weighted by Crippen LogP contribution is -2.27. The number of benzene rings is 1. The van der Waals surface area contributed by atoms with Gasteiger partial charge in [0.15, 0.2) is 0 Å². The minimum Gasteiger partial charge on any atom is -0.309 e. The van der Waals surface area contributed by atoms with Gasteiger partial charge < -0.3 is 4.90 Å². The summed E-state index contributed by atoms with van der Waals surface area (Å²) in [7, 11) is 0. The van der Waals surface area contributed by atoms with Crippen LogP contribution in [0.4, 0.5) is 5.69 Å². The highest BCUT2D eigenvalue weighted by Crippen LogP contribution is 2.37. The summed E-state index contributed by atoms with van der Waals surface area (Å²) in [6.45, 7) is 0.760. The Hall–Kier alpha value is 0.130. The smallest absolute Gasteiger partial charge is 0.240 e. The standard InChI is InChI=1S/C10H8Br3NO/c11-6-2-1-3-7(12)9(6)14-5-4-8(13)10(14)15/h1-3,8H,4-5H2. The number of alkyl halides is 1. The van der Waals surface area contributed by atoms with Crippen LogP contribution in [-0.4, -0.2) is 17.3 Å². The summed E-state index contributed by atoms with van der Waals surface area (Å²) in [5.74, 6) is 0.127. The van der Waals surface area contributed by atoms with Gasteiger partial charge in [-0.1, -0.05) is 22.0 Å². The quantitative estimate of drug-likeness (QED) is 0.661. The number of halogens is 3. The zero-order valence-electron chi connectivity index (χ0n) is 7.71. The second-order valence-corrected chi connectivity index (χ2v) is 6.13. The van der Waals surface area contributed by atoms with Crippen LogP contribution in [0, 0.1) is 0 Å². The first kappa shape index (κ1) is 11.6. The van der Waals surface area contributed by atoms with Crippen molar-refractivity contribution in [1.29, 1.82) is 0 Å². The second kappa shape index (κ2) is 4.55. The second-order valence-electron chi connectivity index (χ2n) is 3.32. The Morgan fingerprint density at radius 1 is 1.27 bits per heavy atom. The van der Waals surface area contributed by atoms with Crippen LogP contribution in [0.15, 0.2) is 27.1 Å². The highest BCUT2D eigenvalue weighted by molar-refractivity contribution is 9.11. The zero-order chi connectivity index (χ0) is 11.0. The Morgan fingerprint density at radius 3 is 2.33 bits per heavy atom. The molecule has 0 saturated carbocycles. The molecule has 80 valence electrons. The van der Waals surface area contributed by atoms with E-state index in [1.165, 1.54) is 0 Å². The summed E-state index contributed by atoms with van der Waals surface area (Å²) in [5.41, 5.74) is 0.921. The lowest BCUT2D eigenvalue weighted by Gasteiger charge is -2.19. The highest BCUT2D eigenvalue weighted by atomic mass is 79.9. The van der Waals surface area contributed by atoms with E-state index in [9.17, 15) is 4.79 Å². The molecule has 0 aliphatic carbocycles. The van der Waals surface area contributed by atoms with Crippen molar-refractivity contribution in [1.82, 2.24) is 0 Å². The van der Waals surface area contributed by atoms with E-state index in [1.54, 1.807) is 4.90 Å². The molecule has 0 bridgehead atoms. The van der Waals surface area contributed by atoms with Gasteiger partial charge in [0.2, 0.25) is 5.91 Å². The van der Waals surface area contributed by atoms with E-state index >= 15 is 0 Å². The van der Waals surface area contributed by atoms with E-state index in [0.717, 1.165) is 27.6 Å². The van der Waals surface area contributed by atoms with Crippen LogP contribution in [0.3, 0.4) is 0 Å². The molecule has 1 aromatic rings. The van der Waals surface area contributed by atoms with Crippen molar-refractivity contribution in [3.63, 3.8) is 0 Å². The van der Waals surface area contributed by atoms with E-state index < -0.39 is 0 Å². The Balaban J connectivity index is 2.42. The fraction of sp³-hybridized carbons (Fsp3) is 0.300. The first-order chi connectivity index (χ1) is 7.11. The van der Waals surface area contributed by atoms with Gasteiger partial charge >= 0.3 is 0 Å². The van der Waals surface area contributed by atoms with Crippen LogP contribution >= 0.6 is 47.8 Å². The monoisotopic (exact) mass is 395 g/mol. The van der Waals surface area contributed by atoms with Crippen molar-refractivity contribution in [3.05, 3.63) is 27.1 Å². The molecule has 1 amide bonds. The van der Waals surface area contributed by atoms with E-state index in [0.29, 0.717) is 0 Å². The van der Waals surface area contributed by atoms with E-state index in [2.05, 4.69) is 47.8 Å². The molecule has 2 rings (SSSR count). The first-order valence-electron chi connectivity index (χ1n) is 4.50. The lowest BCUT2D eigenvalue weighted by molar-refractivity contribution is -0.116. The SMILES string of the molecule is O=C1C(Br)CCN1c1c(Br)cccc1Br. The number of anilines is 1. The first-order valence-corrected chi connectivity index (χ1v) is 7.01. The fourth-order valence-corrected chi connectivity index (χ4v) is 3.49. The lowest BCUT2D eigenvalue weighted by atomic mass is 10.3. The summed E-state index contributed by atoms with van der Waals surface area (Å²) < 4.78 is 1.87. The molecule has 0 aromatic heterocycles. The van der Waals surface area contributed by atoms with Crippen LogP contribution in [0.2, 0.25) is 0 Å². The minimum atomic E-state index is -0.0449. The van der Waals surface area contributed by atoms with Crippen LogP contribution in [0.5, 0.6) is 0 Å². The molecule has 1 heterocycles. The predicted molar refractivity (Wildman–Crippen MR) is 71.5 cm³/mol. The van der Waals surface area contributed by atoms with E-state index in [-0.39, 0.29) is 10.7 Å². The molecule has 1 aliphatic heterocycles. The van der Waals surface area contributed by atoms with Crippen molar-refractivity contribution in [2.75, 3.05) is 11.4 Å². The molecule has 1 aromatic carbocycles. The van der Waals surface area contributed by atoms with Crippen molar-refractivity contribution in [3.8, 4) is 0 Å². The number of rotatable bonds is 1. The Morgan fingerprint density at radius 2 is 1.87 bits per heavy atom. The summed E-state index contributed by atoms with van der Waals surface area (Å²) in [6.07, 6.45) is 0.854. The van der Waals surface area contributed by atoms with Crippen LogP contribution in [0.1, 0.15) is 6.42 Å². The van der Waals surface area contributed by atoms with Crippen molar-refractivity contribution in [2.24, 2.45) is 0 Å². The van der Waals surface area contributed by atoms with Gasteiger partial charge in [-0.15, -0.1) is 0 Å². The molecule has 1 unspecified atom stereocenters. The Bertz CT molecular complexity index is 387. The predicted octanol–water partition coefficient (Wildman–Crippen LogP) is 3.71. The molecular formula is C10H8Br3NO. The summed E-state index contributed by atoms with van der Waals surface area (Å²) in [4.78, 5) is 13.6. The average Bonchev–Trinajstić information content (AvgIpc) is 2.49. The molecule has 0 spiro atoms. The van der Waals surface area contributed by atoms with Crippen molar-refractivity contribution >= 4 is 59.4 Å². The minimum absolute atomic E-state index is 0.0449. The largest absolute Gasteiger partial charge is 0.309 e. The Kier molecular flexibility index (Phi) is 3.52. The molecule has 2 nitrogen and oxygen atoms in total. The highest BCUT2D eigenvalue weighted by Gasteiger charge is 2.32. The molecule has 1 aliphatic rings. The molecule has 1 saturated heterocycles. The van der Waals surface area contributed by atoms with Gasteiger partial charge in [0.1, 0.15) is 0 Å². The van der Waals surface area contributed by atoms with Crippen molar-refractivity contribution in [2.45, 2.75) is 11.2 Å². The maximum atomic E-state index is 11.8. The summed E-state index contributed by atoms with van der Waals surface area (Å²) in [5, 5.41) is 0. The van der Waals surface area contributed by atoms with Gasteiger partial charge in [-0.05, 0) is 50.4 Å². The zero-order valence-corrected chi connectivity index (χ0v) is 12.5. The summed E-state index contributed by atoms with van der Waals surface area (Å²) in [6, 6.07) is 5.81. The Labute approximate surface area is 113 Å². The van der Waals surface area contributed by atoms with Crippen LogP contribution < -0.4 is 4.90 Å².